The van der Waals surface area contributed by atoms with E-state index < -0.39 is 0 Å². The molecule has 1 atom stereocenters. The Morgan fingerprint density at radius 2 is 0.535 bits per heavy atom. The van der Waals surface area contributed by atoms with Crippen molar-refractivity contribution in [3.8, 4) is 0 Å². The van der Waals surface area contributed by atoms with Gasteiger partial charge in [-0.25, -0.2) is 0 Å². The van der Waals surface area contributed by atoms with E-state index in [1.54, 1.807) is 0 Å². The van der Waals surface area contributed by atoms with Gasteiger partial charge in [-0.1, -0.05) is 207 Å². The summed E-state index contributed by atoms with van der Waals surface area (Å²) in [6.45, 7) is 9.48. The Balaban J connectivity index is 2.10. The third kappa shape index (κ3) is 25.2. The third-order valence-electron chi connectivity index (χ3n) is 10.1. The normalized spacial score (nSPS) is 14.9. The topological polar surface area (TPSA) is 6.48 Å². The molecule has 0 saturated heterocycles. The molecule has 0 bridgehead atoms. The predicted octanol–water partition coefficient (Wildman–Crippen LogP) is 14.3. The van der Waals surface area contributed by atoms with Gasteiger partial charge in [0.25, 0.3) is 0 Å². The first-order valence-corrected chi connectivity index (χ1v) is 20.5. The predicted molar refractivity (Wildman–Crippen MR) is 196 cm³/mol. The van der Waals surface area contributed by atoms with E-state index in [0.717, 1.165) is 0 Å². The monoisotopic (exact) mass is 603 g/mol. The minimum atomic E-state index is 0.640. The van der Waals surface area contributed by atoms with Crippen LogP contribution in [0.2, 0.25) is 0 Å². The van der Waals surface area contributed by atoms with Crippen molar-refractivity contribution < 1.29 is 0 Å². The summed E-state index contributed by atoms with van der Waals surface area (Å²) in [5.74, 6) is 0. The lowest BCUT2D eigenvalue weighted by Gasteiger charge is -2.33. The fourth-order valence-electron chi connectivity index (χ4n) is 7.07. The first kappa shape index (κ1) is 40.4. The van der Waals surface area contributed by atoms with Crippen LogP contribution in [0.25, 0.3) is 0 Å². The number of nitrogens with zero attached hydrogens (tertiary/aromatic N) is 2. The van der Waals surface area contributed by atoms with Crippen LogP contribution in [0.1, 0.15) is 233 Å². The van der Waals surface area contributed by atoms with Crippen LogP contribution >= 0.6 is 0 Å². The van der Waals surface area contributed by atoms with Crippen LogP contribution in [0, 0.1) is 0 Å². The van der Waals surface area contributed by atoms with Gasteiger partial charge in [-0.05, 0) is 25.7 Å². The molecule has 0 radical (unpaired) electrons. The van der Waals surface area contributed by atoms with Crippen molar-refractivity contribution in [2.45, 2.75) is 239 Å². The van der Waals surface area contributed by atoms with Crippen LogP contribution in [0.5, 0.6) is 0 Å². The molecule has 0 aliphatic carbocycles. The molecule has 0 spiro atoms. The van der Waals surface area contributed by atoms with Crippen molar-refractivity contribution in [1.82, 2.24) is 9.80 Å². The zero-order valence-electron chi connectivity index (χ0n) is 30.4. The minimum absolute atomic E-state index is 0.640. The highest BCUT2D eigenvalue weighted by Crippen LogP contribution is 2.24. The maximum Gasteiger partial charge on any atom is 0.101 e. The molecular formula is C41H82N2. The van der Waals surface area contributed by atoms with Crippen LogP contribution in [0.3, 0.4) is 0 Å². The number of unbranched alkanes of at least 4 members (excludes halogenated alkanes) is 29. The zero-order valence-corrected chi connectivity index (χ0v) is 30.4. The van der Waals surface area contributed by atoms with Crippen molar-refractivity contribution >= 4 is 0 Å². The summed E-state index contributed by atoms with van der Waals surface area (Å²) in [5, 5.41) is 0. The Morgan fingerprint density at radius 1 is 0.302 bits per heavy atom. The summed E-state index contributed by atoms with van der Waals surface area (Å²) < 4.78 is 0. The first-order chi connectivity index (χ1) is 21.3. The summed E-state index contributed by atoms with van der Waals surface area (Å²) >= 11 is 0. The molecule has 256 valence electrons. The summed E-state index contributed by atoms with van der Waals surface area (Å²) in [5.41, 5.74) is 0. The van der Waals surface area contributed by atoms with Crippen LogP contribution in [0.15, 0.2) is 12.4 Å². The maximum atomic E-state index is 2.71. The largest absolute Gasteiger partial charge is 0.356 e. The van der Waals surface area contributed by atoms with E-state index in [9.17, 15) is 0 Å². The van der Waals surface area contributed by atoms with E-state index >= 15 is 0 Å². The Morgan fingerprint density at radius 3 is 0.814 bits per heavy atom. The van der Waals surface area contributed by atoms with Gasteiger partial charge in [-0.2, -0.15) is 0 Å². The molecular weight excluding hydrogens is 520 g/mol. The molecule has 0 saturated carbocycles. The van der Waals surface area contributed by atoms with Crippen molar-refractivity contribution in [2.75, 3.05) is 13.1 Å². The highest BCUT2D eigenvalue weighted by atomic mass is 15.4. The molecule has 0 aromatic heterocycles. The highest BCUT2D eigenvalue weighted by Gasteiger charge is 2.24. The second kappa shape index (κ2) is 32.7. The summed E-state index contributed by atoms with van der Waals surface area (Å²) in [6, 6.07) is 0. The summed E-state index contributed by atoms with van der Waals surface area (Å²) in [7, 11) is 0. The van der Waals surface area contributed by atoms with Gasteiger partial charge in [-0.3, -0.25) is 0 Å². The second-order valence-corrected chi connectivity index (χ2v) is 14.3. The second-order valence-electron chi connectivity index (χ2n) is 14.3. The van der Waals surface area contributed by atoms with Crippen LogP contribution in [-0.2, 0) is 0 Å². The van der Waals surface area contributed by atoms with E-state index in [0.29, 0.717) is 6.17 Å². The van der Waals surface area contributed by atoms with E-state index in [4.69, 9.17) is 0 Å². The van der Waals surface area contributed by atoms with Gasteiger partial charge >= 0.3 is 0 Å². The molecule has 0 amide bonds. The average Bonchev–Trinajstić information content (AvgIpc) is 3.40. The van der Waals surface area contributed by atoms with Crippen molar-refractivity contribution in [2.24, 2.45) is 0 Å². The molecule has 1 aliphatic heterocycles. The molecule has 0 aromatic carbocycles. The highest BCUT2D eigenvalue weighted by molar-refractivity contribution is 4.97. The Kier molecular flexibility index (Phi) is 30.7. The smallest absolute Gasteiger partial charge is 0.101 e. The molecule has 43 heavy (non-hydrogen) atoms. The molecule has 0 N–H and O–H groups in total. The molecule has 0 fully saturated rings. The van der Waals surface area contributed by atoms with Gasteiger partial charge in [-0.15, -0.1) is 0 Å². The SMILES string of the molecule is CCCCCCCCCCCCCCCCCCCN1C=CN(CCCCCCC)C1CCCCCCCCCCCC. The van der Waals surface area contributed by atoms with Gasteiger partial charge in [0.05, 0.1) is 0 Å². The lowest BCUT2D eigenvalue weighted by atomic mass is 10.0. The number of rotatable bonds is 35. The average molecular weight is 603 g/mol. The van der Waals surface area contributed by atoms with E-state index in [1.807, 2.05) is 0 Å². The van der Waals surface area contributed by atoms with Gasteiger partial charge in [0, 0.05) is 25.5 Å². The first-order valence-electron chi connectivity index (χ1n) is 20.5. The molecule has 1 rings (SSSR count). The Bertz CT molecular complexity index is 558. The number of hydrogen-bond donors (Lipinski definition) is 0. The van der Waals surface area contributed by atoms with Crippen molar-refractivity contribution in [3.63, 3.8) is 0 Å². The molecule has 1 aliphatic rings. The molecule has 1 unspecified atom stereocenters. The Labute approximate surface area is 273 Å². The lowest BCUT2D eigenvalue weighted by molar-refractivity contribution is 0.135. The summed E-state index contributed by atoms with van der Waals surface area (Å²) in [4.78, 5) is 5.41. The number of hydrogen-bond acceptors (Lipinski definition) is 2. The molecule has 0 aromatic rings. The fraction of sp³-hybridized carbons (Fsp3) is 0.951. The lowest BCUT2D eigenvalue weighted by Crippen LogP contribution is -2.39. The molecule has 1 heterocycles. The molecule has 2 nitrogen and oxygen atoms in total. The minimum Gasteiger partial charge on any atom is -0.356 e. The van der Waals surface area contributed by atoms with E-state index in [2.05, 4.69) is 43.0 Å². The van der Waals surface area contributed by atoms with Crippen molar-refractivity contribution in [3.05, 3.63) is 12.4 Å². The van der Waals surface area contributed by atoms with Gasteiger partial charge in [0.15, 0.2) is 0 Å². The standard InChI is InChI=1S/C41H82N2/c1-4-7-10-13-15-17-19-20-21-22-23-24-25-27-29-32-35-38-43-40-39-42(37-34-31-12-9-6-3)41(43)36-33-30-28-26-18-16-14-11-8-5-2/h39-41H,4-38H2,1-3H3. The van der Waals surface area contributed by atoms with Crippen LogP contribution in [-0.4, -0.2) is 29.1 Å². The van der Waals surface area contributed by atoms with Crippen LogP contribution in [0.4, 0.5) is 0 Å². The van der Waals surface area contributed by atoms with E-state index in [-0.39, 0.29) is 0 Å². The van der Waals surface area contributed by atoms with Gasteiger partial charge in [0.2, 0.25) is 0 Å². The van der Waals surface area contributed by atoms with E-state index in [1.165, 1.54) is 225 Å². The quantitative estimate of drug-likeness (QED) is 0.0666. The van der Waals surface area contributed by atoms with Crippen molar-refractivity contribution in [1.29, 1.82) is 0 Å². The maximum absolute atomic E-state index is 2.71. The third-order valence-corrected chi connectivity index (χ3v) is 10.1. The Hall–Kier alpha value is -0.660. The fourth-order valence-corrected chi connectivity index (χ4v) is 7.07. The summed E-state index contributed by atoms with van der Waals surface area (Å²) in [6.07, 6.45) is 52.9. The van der Waals surface area contributed by atoms with Crippen LogP contribution < -0.4 is 0 Å². The zero-order chi connectivity index (χ0) is 30.9. The van der Waals surface area contributed by atoms with Gasteiger partial charge in [0.1, 0.15) is 6.17 Å². The van der Waals surface area contributed by atoms with Gasteiger partial charge < -0.3 is 9.80 Å². The molecule has 2 heteroatoms.